The Labute approximate surface area is 142 Å². The number of aryl methyl sites for hydroxylation is 1. The minimum Gasteiger partial charge on any atom is -0.321 e. The third-order valence-electron chi connectivity index (χ3n) is 3.78. The van der Waals surface area contributed by atoms with Crippen molar-refractivity contribution in [2.45, 2.75) is 0 Å². The summed E-state index contributed by atoms with van der Waals surface area (Å²) in [7, 11) is 2.94. The highest BCUT2D eigenvalue weighted by Gasteiger charge is 2.06. The molecule has 0 aliphatic carbocycles. The number of benzene rings is 1. The first-order valence-electron chi connectivity index (χ1n) is 7.57. The van der Waals surface area contributed by atoms with Gasteiger partial charge in [0.25, 0.3) is 5.56 Å². The summed E-state index contributed by atoms with van der Waals surface area (Å²) >= 11 is 0. The maximum Gasteiger partial charge on any atom is 0.330 e. The van der Waals surface area contributed by atoms with Gasteiger partial charge in [-0.3, -0.25) is 19.1 Å². The number of nitrogens with one attached hydrogen (secondary N) is 1. The van der Waals surface area contributed by atoms with Gasteiger partial charge in [-0.1, -0.05) is 18.2 Å². The molecule has 3 aromatic rings. The van der Waals surface area contributed by atoms with Crippen LogP contribution in [0, 0.1) is 0 Å². The van der Waals surface area contributed by atoms with Crippen molar-refractivity contribution in [3.05, 3.63) is 75.2 Å². The smallest absolute Gasteiger partial charge is 0.321 e. The molecule has 0 fully saturated rings. The van der Waals surface area contributed by atoms with Crippen LogP contribution in [-0.4, -0.2) is 20.0 Å². The SMILES string of the molecule is Cn1cc(/C=C/C(=O)Nc2cccc3cccnc23)c(=O)n(C)c1=O. The summed E-state index contributed by atoms with van der Waals surface area (Å²) in [6.45, 7) is 0. The Hall–Kier alpha value is -3.48. The van der Waals surface area contributed by atoms with E-state index in [0.717, 1.165) is 9.95 Å². The molecule has 0 aliphatic heterocycles. The summed E-state index contributed by atoms with van der Waals surface area (Å²) in [4.78, 5) is 40.1. The number of fused-ring (bicyclic) bond motifs is 1. The normalized spacial score (nSPS) is 11.1. The van der Waals surface area contributed by atoms with Crippen molar-refractivity contribution in [3.63, 3.8) is 0 Å². The summed E-state index contributed by atoms with van der Waals surface area (Å²) in [6, 6.07) is 9.21. The first-order chi connectivity index (χ1) is 12.0. The molecule has 1 N–H and O–H groups in total. The molecule has 0 radical (unpaired) electrons. The first kappa shape index (κ1) is 16.4. The Morgan fingerprint density at radius 1 is 1.16 bits per heavy atom. The van der Waals surface area contributed by atoms with E-state index in [4.69, 9.17) is 0 Å². The average Bonchev–Trinajstić information content (AvgIpc) is 2.62. The second-order valence-electron chi connectivity index (χ2n) is 5.55. The maximum atomic E-state index is 12.2. The Balaban J connectivity index is 1.87. The van der Waals surface area contributed by atoms with Crippen LogP contribution in [0.4, 0.5) is 5.69 Å². The highest BCUT2D eigenvalue weighted by atomic mass is 16.2. The monoisotopic (exact) mass is 336 g/mol. The number of aromatic nitrogens is 3. The number of amides is 1. The van der Waals surface area contributed by atoms with Crippen LogP contribution in [-0.2, 0) is 18.9 Å². The first-order valence-corrected chi connectivity index (χ1v) is 7.57. The highest BCUT2D eigenvalue weighted by molar-refractivity contribution is 6.06. The summed E-state index contributed by atoms with van der Waals surface area (Å²) in [5.41, 5.74) is 0.633. The van der Waals surface area contributed by atoms with Crippen LogP contribution in [0.3, 0.4) is 0 Å². The molecule has 3 rings (SSSR count). The third kappa shape index (κ3) is 3.25. The zero-order valence-corrected chi connectivity index (χ0v) is 13.8. The second-order valence-corrected chi connectivity index (χ2v) is 5.55. The maximum absolute atomic E-state index is 12.2. The van der Waals surface area contributed by atoms with Gasteiger partial charge >= 0.3 is 5.69 Å². The Kier molecular flexibility index (Phi) is 4.30. The topological polar surface area (TPSA) is 86.0 Å². The van der Waals surface area contributed by atoms with Gasteiger partial charge in [0.1, 0.15) is 0 Å². The van der Waals surface area contributed by atoms with Crippen molar-refractivity contribution in [3.8, 4) is 0 Å². The lowest BCUT2D eigenvalue weighted by Gasteiger charge is -2.06. The minimum atomic E-state index is -0.459. The number of para-hydroxylation sites is 1. The van der Waals surface area contributed by atoms with Gasteiger partial charge in [0.2, 0.25) is 5.91 Å². The molecule has 2 heterocycles. The van der Waals surface area contributed by atoms with Crippen molar-refractivity contribution in [2.24, 2.45) is 14.1 Å². The zero-order chi connectivity index (χ0) is 18.0. The fraction of sp³-hybridized carbons (Fsp3) is 0.111. The summed E-state index contributed by atoms with van der Waals surface area (Å²) in [5.74, 6) is -0.394. The third-order valence-corrected chi connectivity index (χ3v) is 3.78. The zero-order valence-electron chi connectivity index (χ0n) is 13.8. The number of hydrogen-bond acceptors (Lipinski definition) is 4. The predicted molar refractivity (Wildman–Crippen MR) is 96.3 cm³/mol. The number of hydrogen-bond donors (Lipinski definition) is 1. The lowest BCUT2D eigenvalue weighted by atomic mass is 10.2. The van der Waals surface area contributed by atoms with Crippen molar-refractivity contribution in [1.29, 1.82) is 0 Å². The van der Waals surface area contributed by atoms with Crippen molar-refractivity contribution in [1.82, 2.24) is 14.1 Å². The van der Waals surface area contributed by atoms with E-state index >= 15 is 0 Å². The van der Waals surface area contributed by atoms with Gasteiger partial charge in [0.05, 0.1) is 16.8 Å². The molecule has 0 unspecified atom stereocenters. The van der Waals surface area contributed by atoms with Gasteiger partial charge in [-0.2, -0.15) is 0 Å². The number of carbonyl (C=O) groups is 1. The molecule has 0 atom stereocenters. The molecule has 1 amide bonds. The van der Waals surface area contributed by atoms with Crippen LogP contribution in [0.15, 0.2) is 58.4 Å². The van der Waals surface area contributed by atoms with Crippen molar-refractivity contribution >= 4 is 28.6 Å². The largest absolute Gasteiger partial charge is 0.330 e. The lowest BCUT2D eigenvalue weighted by molar-refractivity contribution is -0.111. The summed E-state index contributed by atoms with van der Waals surface area (Å²) in [6.07, 6.45) is 5.69. The molecule has 0 bridgehead atoms. The molecule has 2 aromatic heterocycles. The van der Waals surface area contributed by atoms with E-state index in [0.29, 0.717) is 11.2 Å². The molecular formula is C18H16N4O3. The molecule has 126 valence electrons. The van der Waals surface area contributed by atoms with Crippen molar-refractivity contribution in [2.75, 3.05) is 5.32 Å². The van der Waals surface area contributed by atoms with Crippen LogP contribution >= 0.6 is 0 Å². The van der Waals surface area contributed by atoms with Crippen LogP contribution in [0.25, 0.3) is 17.0 Å². The number of rotatable bonds is 3. The lowest BCUT2D eigenvalue weighted by Crippen LogP contribution is -2.37. The number of carbonyl (C=O) groups excluding carboxylic acids is 1. The number of anilines is 1. The molecule has 25 heavy (non-hydrogen) atoms. The number of nitrogens with zero attached hydrogens (tertiary/aromatic N) is 3. The van der Waals surface area contributed by atoms with Crippen LogP contribution in [0.1, 0.15) is 5.56 Å². The molecule has 0 saturated carbocycles. The Morgan fingerprint density at radius 2 is 1.92 bits per heavy atom. The van der Waals surface area contributed by atoms with Gasteiger partial charge < -0.3 is 9.88 Å². The van der Waals surface area contributed by atoms with Crippen molar-refractivity contribution < 1.29 is 4.79 Å². The van der Waals surface area contributed by atoms with Gasteiger partial charge in [-0.05, 0) is 18.2 Å². The van der Waals surface area contributed by atoms with E-state index in [-0.39, 0.29) is 5.56 Å². The summed E-state index contributed by atoms with van der Waals surface area (Å²) in [5, 5.41) is 3.66. The van der Waals surface area contributed by atoms with E-state index in [2.05, 4.69) is 10.3 Å². The second kappa shape index (κ2) is 6.56. The fourth-order valence-electron chi connectivity index (χ4n) is 2.50. The molecule has 0 spiro atoms. The standard InChI is InChI=1S/C18H16N4O3/c1-21-11-13(17(24)22(2)18(21)25)8-9-15(23)20-14-7-3-5-12-6-4-10-19-16(12)14/h3-11H,1-2H3,(H,20,23)/b9-8+. The predicted octanol–water partition coefficient (Wildman–Crippen LogP) is 1.28. The van der Waals surface area contributed by atoms with E-state index < -0.39 is 17.2 Å². The Bertz CT molecular complexity index is 1100. The minimum absolute atomic E-state index is 0.246. The molecule has 0 aliphatic rings. The van der Waals surface area contributed by atoms with Gasteiger partial charge in [0, 0.05) is 38.0 Å². The highest BCUT2D eigenvalue weighted by Crippen LogP contribution is 2.20. The Morgan fingerprint density at radius 3 is 2.72 bits per heavy atom. The van der Waals surface area contributed by atoms with E-state index in [1.807, 2.05) is 24.3 Å². The molecular weight excluding hydrogens is 320 g/mol. The fourth-order valence-corrected chi connectivity index (χ4v) is 2.50. The van der Waals surface area contributed by atoms with Gasteiger partial charge in [0.15, 0.2) is 0 Å². The van der Waals surface area contributed by atoms with Crippen LogP contribution in [0.2, 0.25) is 0 Å². The van der Waals surface area contributed by atoms with Gasteiger partial charge in [-0.15, -0.1) is 0 Å². The quantitative estimate of drug-likeness (QED) is 0.730. The molecule has 7 nitrogen and oxygen atoms in total. The molecule has 7 heteroatoms. The van der Waals surface area contributed by atoms with E-state index in [1.165, 1.54) is 30.0 Å². The average molecular weight is 336 g/mol. The van der Waals surface area contributed by atoms with Crippen LogP contribution < -0.4 is 16.6 Å². The molecule has 0 saturated heterocycles. The van der Waals surface area contributed by atoms with E-state index in [9.17, 15) is 14.4 Å². The summed E-state index contributed by atoms with van der Waals surface area (Å²) < 4.78 is 2.28. The molecule has 1 aromatic carbocycles. The number of pyridine rings is 1. The van der Waals surface area contributed by atoms with E-state index in [1.54, 1.807) is 19.3 Å². The van der Waals surface area contributed by atoms with Gasteiger partial charge in [-0.25, -0.2) is 4.79 Å². The van der Waals surface area contributed by atoms with Crippen LogP contribution in [0.5, 0.6) is 0 Å².